The molecule has 4 rings (SSSR count). The maximum absolute atomic E-state index is 13.7. The average Bonchev–Trinajstić information content (AvgIpc) is 3.34. The third-order valence-corrected chi connectivity index (χ3v) is 6.22. The van der Waals surface area contributed by atoms with Gasteiger partial charge in [0.2, 0.25) is 11.8 Å². The quantitative estimate of drug-likeness (QED) is 0.495. The Labute approximate surface area is 201 Å². The Morgan fingerprint density at radius 3 is 2.50 bits per heavy atom. The lowest BCUT2D eigenvalue weighted by Gasteiger charge is -2.39. The Kier molecular flexibility index (Phi) is 7.16. The molecule has 0 fully saturated rings. The van der Waals surface area contributed by atoms with Crippen LogP contribution in [-0.2, 0) is 16.1 Å². The highest BCUT2D eigenvalue weighted by Crippen LogP contribution is 2.37. The molecule has 0 radical (unpaired) electrons. The van der Waals surface area contributed by atoms with Gasteiger partial charge in [0.05, 0.1) is 7.11 Å². The first kappa shape index (κ1) is 23.4. The van der Waals surface area contributed by atoms with Gasteiger partial charge in [0.1, 0.15) is 18.3 Å². The molecule has 3 aromatic rings. The smallest absolute Gasteiger partial charge is 0.247 e. The van der Waals surface area contributed by atoms with Gasteiger partial charge in [-0.3, -0.25) is 9.59 Å². The van der Waals surface area contributed by atoms with E-state index in [0.717, 1.165) is 22.6 Å². The Hall–Kier alpha value is -3.80. The summed E-state index contributed by atoms with van der Waals surface area (Å²) < 4.78 is 7.80. The first-order valence-corrected chi connectivity index (χ1v) is 11.6. The summed E-state index contributed by atoms with van der Waals surface area (Å²) in [5.41, 5.74) is 2.92. The van der Waals surface area contributed by atoms with Crippen molar-refractivity contribution in [3.8, 4) is 5.75 Å². The topological polar surface area (TPSA) is 54.8 Å². The summed E-state index contributed by atoms with van der Waals surface area (Å²) in [5.74, 6) is 0.475. The monoisotopic (exact) mass is 457 g/mol. The third kappa shape index (κ3) is 4.91. The molecule has 2 aromatic carbocycles. The number of methoxy groups -OCH3 is 1. The molecule has 1 aromatic heterocycles. The van der Waals surface area contributed by atoms with Crippen LogP contribution >= 0.6 is 0 Å². The fourth-order valence-electron chi connectivity index (χ4n) is 4.45. The van der Waals surface area contributed by atoms with E-state index in [-0.39, 0.29) is 30.4 Å². The van der Waals surface area contributed by atoms with Crippen molar-refractivity contribution in [3.05, 3.63) is 95.8 Å². The highest BCUT2D eigenvalue weighted by Gasteiger charge is 2.35. The van der Waals surface area contributed by atoms with Gasteiger partial charge >= 0.3 is 0 Å². The molecule has 1 aliphatic heterocycles. The number of nitrogens with zero attached hydrogens (tertiary/aromatic N) is 3. The van der Waals surface area contributed by atoms with Crippen molar-refractivity contribution < 1.29 is 14.3 Å². The zero-order chi connectivity index (χ0) is 24.1. The average molecular weight is 458 g/mol. The predicted octanol–water partition coefficient (Wildman–Crippen LogP) is 4.38. The molecule has 176 valence electrons. The highest BCUT2D eigenvalue weighted by atomic mass is 16.5. The lowest BCUT2D eigenvalue weighted by atomic mass is 9.98. The van der Waals surface area contributed by atoms with Gasteiger partial charge in [0.15, 0.2) is 0 Å². The van der Waals surface area contributed by atoms with Crippen LogP contribution in [0, 0.1) is 0 Å². The fourth-order valence-corrected chi connectivity index (χ4v) is 4.45. The van der Waals surface area contributed by atoms with Crippen molar-refractivity contribution in [2.45, 2.75) is 32.5 Å². The van der Waals surface area contributed by atoms with E-state index in [1.807, 2.05) is 91.7 Å². The second-order valence-corrected chi connectivity index (χ2v) is 8.66. The number of rotatable bonds is 7. The summed E-state index contributed by atoms with van der Waals surface area (Å²) in [7, 11) is 1.64. The van der Waals surface area contributed by atoms with Crippen molar-refractivity contribution in [3.63, 3.8) is 0 Å². The fraction of sp³-hybridized carbons (Fsp3) is 0.286. The minimum Gasteiger partial charge on any atom is -0.496 e. The first-order chi connectivity index (χ1) is 16.5. The van der Waals surface area contributed by atoms with Crippen LogP contribution in [0.2, 0.25) is 0 Å². The molecule has 0 bridgehead atoms. The van der Waals surface area contributed by atoms with Gasteiger partial charge in [-0.15, -0.1) is 0 Å². The maximum atomic E-state index is 13.7. The van der Waals surface area contributed by atoms with Gasteiger partial charge < -0.3 is 19.1 Å². The van der Waals surface area contributed by atoms with Crippen LogP contribution in [0.1, 0.15) is 36.7 Å². The molecular formula is C28H31N3O3. The Balaban J connectivity index is 1.59. The van der Waals surface area contributed by atoms with E-state index in [1.165, 1.54) is 0 Å². The molecule has 6 heteroatoms. The number of fused-ring (bicyclic) bond motifs is 1. The number of carbonyl (C=O) groups is 2. The number of hydrogen-bond acceptors (Lipinski definition) is 3. The van der Waals surface area contributed by atoms with Crippen LogP contribution in [-0.4, -0.2) is 52.4 Å². The summed E-state index contributed by atoms with van der Waals surface area (Å²) in [4.78, 5) is 30.2. The molecule has 2 heterocycles. The van der Waals surface area contributed by atoms with Gasteiger partial charge in [-0.1, -0.05) is 48.5 Å². The van der Waals surface area contributed by atoms with Crippen molar-refractivity contribution in [1.82, 2.24) is 14.4 Å². The molecule has 1 atom stereocenters. The molecular weight excluding hydrogens is 426 g/mol. The number of aromatic nitrogens is 1. The van der Waals surface area contributed by atoms with Crippen molar-refractivity contribution >= 4 is 17.9 Å². The molecule has 1 aliphatic rings. The van der Waals surface area contributed by atoms with E-state index in [4.69, 9.17) is 4.74 Å². The molecule has 1 unspecified atom stereocenters. The van der Waals surface area contributed by atoms with Crippen molar-refractivity contribution in [1.29, 1.82) is 0 Å². The minimum absolute atomic E-state index is 0.0159. The van der Waals surface area contributed by atoms with Gasteiger partial charge in [-0.2, -0.15) is 0 Å². The van der Waals surface area contributed by atoms with E-state index >= 15 is 0 Å². The molecule has 0 saturated carbocycles. The summed E-state index contributed by atoms with van der Waals surface area (Å²) in [6, 6.07) is 21.1. The van der Waals surface area contributed by atoms with Crippen LogP contribution in [0.5, 0.6) is 5.75 Å². The van der Waals surface area contributed by atoms with Gasteiger partial charge in [-0.05, 0) is 43.7 Å². The van der Waals surface area contributed by atoms with Crippen LogP contribution in [0.25, 0.3) is 6.08 Å². The van der Waals surface area contributed by atoms with Crippen LogP contribution < -0.4 is 4.74 Å². The Bertz CT molecular complexity index is 1170. The second-order valence-electron chi connectivity index (χ2n) is 8.66. The van der Waals surface area contributed by atoms with Crippen molar-refractivity contribution in [2.24, 2.45) is 0 Å². The van der Waals surface area contributed by atoms with Crippen LogP contribution in [0.4, 0.5) is 0 Å². The number of hydrogen-bond donors (Lipinski definition) is 0. The van der Waals surface area contributed by atoms with E-state index < -0.39 is 0 Å². The van der Waals surface area contributed by atoms with E-state index in [1.54, 1.807) is 24.2 Å². The standard InChI is InChI=1S/C28H31N3O3/c1-21(2)31(26(32)16-15-22-10-5-4-6-11-22)20-27(33)30-19-18-29-17-9-13-24(29)28(30)23-12-7-8-14-25(23)34-3/h4-17,21,28H,18-20H2,1-3H3/b16-15+. The van der Waals surface area contributed by atoms with E-state index in [2.05, 4.69) is 4.57 Å². The largest absolute Gasteiger partial charge is 0.496 e. The molecule has 0 spiro atoms. The lowest BCUT2D eigenvalue weighted by Crippen LogP contribution is -2.49. The summed E-state index contributed by atoms with van der Waals surface area (Å²) in [5, 5.41) is 0. The zero-order valence-corrected chi connectivity index (χ0v) is 19.9. The first-order valence-electron chi connectivity index (χ1n) is 11.6. The third-order valence-electron chi connectivity index (χ3n) is 6.22. The number of para-hydroxylation sites is 1. The Morgan fingerprint density at radius 1 is 1.03 bits per heavy atom. The van der Waals surface area contributed by atoms with Gasteiger partial charge in [0.25, 0.3) is 0 Å². The zero-order valence-electron chi connectivity index (χ0n) is 19.9. The summed E-state index contributed by atoms with van der Waals surface area (Å²) in [6.07, 6.45) is 5.37. The summed E-state index contributed by atoms with van der Waals surface area (Å²) >= 11 is 0. The number of amides is 2. The molecule has 6 nitrogen and oxygen atoms in total. The SMILES string of the molecule is COc1ccccc1C1c2cccn2CCN1C(=O)CN(C(=O)/C=C/c1ccccc1)C(C)C. The highest BCUT2D eigenvalue weighted by molar-refractivity contribution is 5.94. The molecule has 0 aliphatic carbocycles. The number of benzene rings is 2. The van der Waals surface area contributed by atoms with Crippen molar-refractivity contribution in [2.75, 3.05) is 20.2 Å². The van der Waals surface area contributed by atoms with Gasteiger partial charge in [-0.25, -0.2) is 0 Å². The normalized spacial score (nSPS) is 15.4. The number of ether oxygens (including phenoxy) is 1. The molecule has 0 saturated heterocycles. The predicted molar refractivity (Wildman–Crippen MR) is 133 cm³/mol. The summed E-state index contributed by atoms with van der Waals surface area (Å²) in [6.45, 7) is 5.15. The minimum atomic E-state index is -0.281. The molecule has 2 amide bonds. The van der Waals surface area contributed by atoms with Crippen LogP contribution in [0.15, 0.2) is 79.0 Å². The number of carbonyl (C=O) groups excluding carboxylic acids is 2. The van der Waals surface area contributed by atoms with E-state index in [9.17, 15) is 9.59 Å². The second kappa shape index (κ2) is 10.4. The van der Waals surface area contributed by atoms with E-state index in [0.29, 0.717) is 13.1 Å². The lowest BCUT2D eigenvalue weighted by molar-refractivity contribution is -0.141. The molecule has 34 heavy (non-hydrogen) atoms. The van der Waals surface area contributed by atoms with Crippen LogP contribution in [0.3, 0.4) is 0 Å². The maximum Gasteiger partial charge on any atom is 0.247 e. The molecule has 0 N–H and O–H groups in total. The Morgan fingerprint density at radius 2 is 1.76 bits per heavy atom. The van der Waals surface area contributed by atoms with Gasteiger partial charge in [0, 0.05) is 42.7 Å².